The Labute approximate surface area is 190 Å². The second kappa shape index (κ2) is 11.2. The van der Waals surface area contributed by atoms with E-state index in [0.717, 1.165) is 68.8 Å². The van der Waals surface area contributed by atoms with Crippen LogP contribution in [0, 0.1) is 0 Å². The summed E-state index contributed by atoms with van der Waals surface area (Å²) in [4.78, 5) is 7.45. The first kappa shape index (κ1) is 22.4. The minimum absolute atomic E-state index is 0.305. The van der Waals surface area contributed by atoms with Crippen LogP contribution in [0.15, 0.2) is 29.5 Å². The summed E-state index contributed by atoms with van der Waals surface area (Å²) in [7, 11) is 0. The third-order valence-corrected chi connectivity index (χ3v) is 6.17. The van der Waals surface area contributed by atoms with Gasteiger partial charge in [-0.2, -0.15) is 0 Å². The number of guanidine groups is 1. The molecule has 1 aromatic carbocycles. The number of aromatic nitrogens is 3. The summed E-state index contributed by atoms with van der Waals surface area (Å²) in [6.45, 7) is 10.1. The summed E-state index contributed by atoms with van der Waals surface area (Å²) in [5.74, 6) is 3.52. The summed E-state index contributed by atoms with van der Waals surface area (Å²) in [5.41, 5.74) is 1.21. The van der Waals surface area contributed by atoms with E-state index in [1.165, 1.54) is 24.9 Å². The zero-order valence-electron chi connectivity index (χ0n) is 19.2. The van der Waals surface area contributed by atoms with Crippen LogP contribution in [0.3, 0.4) is 0 Å². The molecule has 0 saturated carbocycles. The summed E-state index contributed by atoms with van der Waals surface area (Å²) >= 11 is 0. The van der Waals surface area contributed by atoms with Crippen molar-refractivity contribution in [3.63, 3.8) is 0 Å². The number of hydrogen-bond acceptors (Lipinski definition) is 6. The van der Waals surface area contributed by atoms with E-state index < -0.39 is 0 Å². The number of ether oxygens (including phenoxy) is 2. The SMILES string of the molecule is CCc1nncn1CCNC(=NCC1CCCN1CC)NCCc1ccc2c(c1)OCO2. The average molecular weight is 442 g/mol. The van der Waals surface area contributed by atoms with Gasteiger partial charge in [-0.05, 0) is 50.0 Å². The molecule has 1 fully saturated rings. The van der Waals surface area contributed by atoms with Crippen molar-refractivity contribution in [2.24, 2.45) is 4.99 Å². The Kier molecular flexibility index (Phi) is 7.82. The lowest BCUT2D eigenvalue weighted by atomic mass is 10.1. The van der Waals surface area contributed by atoms with Crippen LogP contribution in [0.5, 0.6) is 11.5 Å². The molecule has 1 aromatic heterocycles. The molecule has 1 saturated heterocycles. The van der Waals surface area contributed by atoms with Crippen LogP contribution in [0.2, 0.25) is 0 Å². The molecule has 9 nitrogen and oxygen atoms in total. The average Bonchev–Trinajstić information content (AvgIpc) is 3.57. The first-order valence-electron chi connectivity index (χ1n) is 11.8. The van der Waals surface area contributed by atoms with Gasteiger partial charge in [0.25, 0.3) is 0 Å². The topological polar surface area (TPSA) is 88.8 Å². The fraction of sp³-hybridized carbons (Fsp3) is 0.609. The number of fused-ring (bicyclic) bond motifs is 1. The van der Waals surface area contributed by atoms with Crippen molar-refractivity contribution >= 4 is 5.96 Å². The number of aliphatic imine (C=N–C) groups is 1. The van der Waals surface area contributed by atoms with E-state index in [9.17, 15) is 0 Å². The minimum Gasteiger partial charge on any atom is -0.454 e. The highest BCUT2D eigenvalue weighted by atomic mass is 16.7. The number of nitrogens with zero attached hydrogens (tertiary/aromatic N) is 5. The standard InChI is InChI=1S/C23H35N7O2/c1-3-22-28-27-16-30(22)13-11-25-23(26-15-19-6-5-12-29(19)4-2)24-10-9-18-7-8-20-21(14-18)32-17-31-20/h7-8,14,16,19H,3-6,9-13,15,17H2,1-2H3,(H2,24,25,26). The molecule has 1 atom stereocenters. The minimum atomic E-state index is 0.305. The van der Waals surface area contributed by atoms with Gasteiger partial charge in [-0.1, -0.05) is 19.9 Å². The lowest BCUT2D eigenvalue weighted by molar-refractivity contribution is 0.174. The number of aryl methyl sites for hydroxylation is 1. The Balaban J connectivity index is 1.32. The van der Waals surface area contributed by atoms with Crippen molar-refractivity contribution in [1.29, 1.82) is 0 Å². The molecule has 2 aliphatic rings. The highest BCUT2D eigenvalue weighted by Crippen LogP contribution is 2.32. The normalized spacial score (nSPS) is 18.3. The Morgan fingerprint density at radius 1 is 1.19 bits per heavy atom. The second-order valence-corrected chi connectivity index (χ2v) is 8.20. The maximum absolute atomic E-state index is 5.49. The predicted molar refractivity (Wildman–Crippen MR) is 124 cm³/mol. The van der Waals surface area contributed by atoms with E-state index in [1.807, 2.05) is 6.07 Å². The molecule has 2 aliphatic heterocycles. The maximum atomic E-state index is 5.49. The molecule has 9 heteroatoms. The smallest absolute Gasteiger partial charge is 0.231 e. The number of nitrogens with one attached hydrogen (secondary N) is 2. The van der Waals surface area contributed by atoms with Gasteiger partial charge in [-0.25, -0.2) is 0 Å². The number of benzene rings is 1. The molecule has 0 aliphatic carbocycles. The van der Waals surface area contributed by atoms with Crippen LogP contribution in [0.1, 0.15) is 38.1 Å². The van der Waals surface area contributed by atoms with Crippen LogP contribution in [0.4, 0.5) is 0 Å². The van der Waals surface area contributed by atoms with Crippen molar-refractivity contribution in [1.82, 2.24) is 30.3 Å². The van der Waals surface area contributed by atoms with Crippen molar-refractivity contribution in [3.8, 4) is 11.5 Å². The van der Waals surface area contributed by atoms with Crippen molar-refractivity contribution in [2.45, 2.75) is 52.1 Å². The van der Waals surface area contributed by atoms with Gasteiger partial charge in [0.2, 0.25) is 6.79 Å². The van der Waals surface area contributed by atoms with E-state index >= 15 is 0 Å². The zero-order valence-corrected chi connectivity index (χ0v) is 19.2. The quantitative estimate of drug-likeness (QED) is 0.430. The zero-order chi connectivity index (χ0) is 22.2. The van der Waals surface area contributed by atoms with Crippen LogP contribution >= 0.6 is 0 Å². The Bertz CT molecular complexity index is 898. The van der Waals surface area contributed by atoms with Gasteiger partial charge >= 0.3 is 0 Å². The largest absolute Gasteiger partial charge is 0.454 e. The van der Waals surface area contributed by atoms with Gasteiger partial charge in [-0.3, -0.25) is 9.89 Å². The summed E-state index contributed by atoms with van der Waals surface area (Å²) in [6.07, 6.45) is 6.04. The third kappa shape index (κ3) is 5.70. The van der Waals surface area contributed by atoms with E-state index in [1.54, 1.807) is 6.33 Å². The predicted octanol–water partition coefficient (Wildman–Crippen LogP) is 1.83. The molecule has 0 amide bonds. The third-order valence-electron chi connectivity index (χ3n) is 6.17. The molecule has 0 radical (unpaired) electrons. The first-order chi connectivity index (χ1) is 15.8. The van der Waals surface area contributed by atoms with E-state index in [-0.39, 0.29) is 0 Å². The van der Waals surface area contributed by atoms with Crippen molar-refractivity contribution in [3.05, 3.63) is 35.9 Å². The Hall–Kier alpha value is -2.81. The van der Waals surface area contributed by atoms with Crippen LogP contribution in [-0.2, 0) is 19.4 Å². The second-order valence-electron chi connectivity index (χ2n) is 8.20. The summed E-state index contributed by atoms with van der Waals surface area (Å²) in [6, 6.07) is 6.67. The van der Waals surface area contributed by atoms with E-state index in [0.29, 0.717) is 12.8 Å². The molecule has 32 heavy (non-hydrogen) atoms. The monoisotopic (exact) mass is 441 g/mol. The maximum Gasteiger partial charge on any atom is 0.231 e. The number of rotatable bonds is 10. The molecule has 1 unspecified atom stereocenters. The number of hydrogen-bond donors (Lipinski definition) is 2. The molecule has 174 valence electrons. The summed E-state index contributed by atoms with van der Waals surface area (Å²) < 4.78 is 13.0. The molecular weight excluding hydrogens is 406 g/mol. The van der Waals surface area contributed by atoms with Gasteiger partial charge < -0.3 is 24.7 Å². The van der Waals surface area contributed by atoms with Crippen LogP contribution in [-0.4, -0.2) is 71.2 Å². The fourth-order valence-electron chi connectivity index (χ4n) is 4.35. The Morgan fingerprint density at radius 2 is 2.06 bits per heavy atom. The number of likely N-dealkylation sites (tertiary alicyclic amines) is 1. The van der Waals surface area contributed by atoms with Gasteiger partial charge in [-0.15, -0.1) is 10.2 Å². The molecule has 0 spiro atoms. The molecule has 3 heterocycles. The summed E-state index contributed by atoms with van der Waals surface area (Å²) in [5, 5.41) is 15.2. The van der Waals surface area contributed by atoms with Gasteiger partial charge in [0.1, 0.15) is 12.2 Å². The molecule has 0 bridgehead atoms. The van der Waals surface area contributed by atoms with E-state index in [4.69, 9.17) is 14.5 Å². The molecule has 2 aromatic rings. The molecule has 4 rings (SSSR count). The lowest BCUT2D eigenvalue weighted by Crippen LogP contribution is -2.41. The van der Waals surface area contributed by atoms with Gasteiger partial charge in [0.05, 0.1) is 6.54 Å². The van der Waals surface area contributed by atoms with Gasteiger partial charge in [0, 0.05) is 32.1 Å². The highest BCUT2D eigenvalue weighted by molar-refractivity contribution is 5.79. The number of likely N-dealkylation sites (N-methyl/N-ethyl adjacent to an activating group) is 1. The Morgan fingerprint density at radius 3 is 2.94 bits per heavy atom. The van der Waals surface area contributed by atoms with Crippen LogP contribution < -0.4 is 20.1 Å². The highest BCUT2D eigenvalue weighted by Gasteiger charge is 2.22. The van der Waals surface area contributed by atoms with E-state index in [2.05, 4.69) is 56.3 Å². The molecular formula is C23H35N7O2. The van der Waals surface area contributed by atoms with Crippen molar-refractivity contribution < 1.29 is 9.47 Å². The molecule has 2 N–H and O–H groups in total. The fourth-order valence-corrected chi connectivity index (χ4v) is 4.35. The first-order valence-corrected chi connectivity index (χ1v) is 11.8. The lowest BCUT2D eigenvalue weighted by Gasteiger charge is -2.21. The van der Waals surface area contributed by atoms with Crippen molar-refractivity contribution in [2.75, 3.05) is 39.5 Å². The van der Waals surface area contributed by atoms with Crippen LogP contribution in [0.25, 0.3) is 0 Å². The van der Waals surface area contributed by atoms with Gasteiger partial charge in [0.15, 0.2) is 17.5 Å².